The third-order valence-corrected chi connectivity index (χ3v) is 2.05. The van der Waals surface area contributed by atoms with E-state index in [0.29, 0.717) is 0 Å². The van der Waals surface area contributed by atoms with Crippen molar-refractivity contribution >= 4 is 15.9 Å². The Balaban J connectivity index is 3.40. The second kappa shape index (κ2) is 4.73. The van der Waals surface area contributed by atoms with E-state index in [1.807, 2.05) is 13.8 Å². The molecule has 58 valence electrons. The van der Waals surface area contributed by atoms with Crippen molar-refractivity contribution in [1.29, 1.82) is 5.26 Å². The molecule has 0 rings (SSSR count). The van der Waals surface area contributed by atoms with E-state index >= 15 is 0 Å². The van der Waals surface area contributed by atoms with Gasteiger partial charge in [0.2, 0.25) is 0 Å². The van der Waals surface area contributed by atoms with Gasteiger partial charge >= 0.3 is 0 Å². The number of rotatable bonds is 4. The molecule has 1 nitrogen and oxygen atoms in total. The number of unbranched alkanes of at least 4 members (excludes halogenated alkanes) is 1. The average Bonchev–Trinajstić information content (AvgIpc) is 1.89. The maximum absolute atomic E-state index is 8.63. The van der Waals surface area contributed by atoms with Crippen LogP contribution in [-0.2, 0) is 0 Å². The highest BCUT2D eigenvalue weighted by Crippen LogP contribution is 2.21. The van der Waals surface area contributed by atoms with Crippen LogP contribution in [0.5, 0.6) is 0 Å². The molecule has 0 atom stereocenters. The van der Waals surface area contributed by atoms with Crippen LogP contribution >= 0.6 is 15.9 Å². The minimum atomic E-state index is -0.123. The van der Waals surface area contributed by atoms with Gasteiger partial charge < -0.3 is 0 Å². The predicted octanol–water partition coefficient (Wildman–Crippen LogP) is 3.10. The number of halogens is 1. The lowest BCUT2D eigenvalue weighted by Gasteiger charge is -2.13. The van der Waals surface area contributed by atoms with E-state index < -0.39 is 0 Å². The maximum atomic E-state index is 8.63. The molecule has 0 aliphatic heterocycles. The van der Waals surface area contributed by atoms with E-state index in [4.69, 9.17) is 5.26 Å². The quantitative estimate of drug-likeness (QED) is 0.509. The number of hydrogen-bond acceptors (Lipinski definition) is 1. The average molecular weight is 204 g/mol. The molecule has 10 heavy (non-hydrogen) atoms. The molecule has 0 N–H and O–H groups in total. The Morgan fingerprint density at radius 2 is 2.00 bits per heavy atom. The lowest BCUT2D eigenvalue weighted by molar-refractivity contribution is 0.433. The van der Waals surface area contributed by atoms with Gasteiger partial charge in [0.05, 0.1) is 11.5 Å². The van der Waals surface area contributed by atoms with Crippen LogP contribution in [-0.4, -0.2) is 5.33 Å². The fraction of sp³-hybridized carbons (Fsp3) is 0.875. The van der Waals surface area contributed by atoms with E-state index in [0.717, 1.165) is 18.2 Å². The summed E-state index contributed by atoms with van der Waals surface area (Å²) in [6, 6.07) is 2.28. The standard InChI is InChI=1S/C8H14BrN/c1-8(2,7-10)5-3-4-6-9/h3-6H2,1-2H3. The fourth-order valence-corrected chi connectivity index (χ4v) is 1.11. The summed E-state index contributed by atoms with van der Waals surface area (Å²) >= 11 is 3.36. The van der Waals surface area contributed by atoms with E-state index in [1.165, 1.54) is 6.42 Å². The first kappa shape index (κ1) is 9.97. The van der Waals surface area contributed by atoms with Gasteiger partial charge in [0.15, 0.2) is 0 Å². The van der Waals surface area contributed by atoms with Crippen molar-refractivity contribution in [2.75, 3.05) is 5.33 Å². The molecule has 0 aromatic heterocycles. The molecule has 0 aromatic carbocycles. The molecule has 0 amide bonds. The van der Waals surface area contributed by atoms with Crippen LogP contribution < -0.4 is 0 Å². The molecule has 0 radical (unpaired) electrons. The zero-order valence-electron chi connectivity index (χ0n) is 6.65. The van der Waals surface area contributed by atoms with E-state index in [1.54, 1.807) is 0 Å². The lowest BCUT2D eigenvalue weighted by Crippen LogP contribution is -2.06. The summed E-state index contributed by atoms with van der Waals surface area (Å²) < 4.78 is 0. The lowest BCUT2D eigenvalue weighted by atomic mass is 9.89. The molecule has 0 spiro atoms. The van der Waals surface area contributed by atoms with Crippen molar-refractivity contribution in [3.8, 4) is 6.07 Å². The van der Waals surface area contributed by atoms with Gasteiger partial charge in [-0.1, -0.05) is 22.4 Å². The van der Waals surface area contributed by atoms with Gasteiger partial charge in [0, 0.05) is 5.33 Å². The zero-order chi connectivity index (χ0) is 8.04. The Bertz CT molecular complexity index is 124. The van der Waals surface area contributed by atoms with Gasteiger partial charge in [0.25, 0.3) is 0 Å². The van der Waals surface area contributed by atoms with Crippen LogP contribution in [0.4, 0.5) is 0 Å². The van der Waals surface area contributed by atoms with Crippen molar-refractivity contribution < 1.29 is 0 Å². The smallest absolute Gasteiger partial charge is 0.0683 e. The second-order valence-electron chi connectivity index (χ2n) is 3.14. The van der Waals surface area contributed by atoms with Crippen LogP contribution in [0, 0.1) is 16.7 Å². The highest BCUT2D eigenvalue weighted by molar-refractivity contribution is 9.09. The van der Waals surface area contributed by atoms with Crippen molar-refractivity contribution in [1.82, 2.24) is 0 Å². The zero-order valence-corrected chi connectivity index (χ0v) is 8.24. The van der Waals surface area contributed by atoms with E-state index in [-0.39, 0.29) is 5.41 Å². The van der Waals surface area contributed by atoms with Crippen molar-refractivity contribution in [3.05, 3.63) is 0 Å². The maximum Gasteiger partial charge on any atom is 0.0683 e. The SMILES string of the molecule is CC(C)(C#N)CCCCBr. The largest absolute Gasteiger partial charge is 0.198 e. The summed E-state index contributed by atoms with van der Waals surface area (Å²) in [6.45, 7) is 3.97. The molecule has 0 aromatic rings. The molecule has 0 saturated carbocycles. The van der Waals surface area contributed by atoms with Crippen LogP contribution in [0.1, 0.15) is 33.1 Å². The summed E-state index contributed by atoms with van der Waals surface area (Å²) in [6.07, 6.45) is 3.33. The normalized spacial score (nSPS) is 11.0. The first-order valence-corrected chi connectivity index (χ1v) is 4.72. The van der Waals surface area contributed by atoms with E-state index in [9.17, 15) is 0 Å². The van der Waals surface area contributed by atoms with Gasteiger partial charge in [-0.2, -0.15) is 5.26 Å². The van der Waals surface area contributed by atoms with Crippen LogP contribution in [0.15, 0.2) is 0 Å². The van der Waals surface area contributed by atoms with Gasteiger partial charge in [-0.05, 0) is 26.7 Å². The number of hydrogen-bond donors (Lipinski definition) is 0. The second-order valence-corrected chi connectivity index (χ2v) is 3.93. The molecule has 2 heteroatoms. The minimum Gasteiger partial charge on any atom is -0.198 e. The first-order chi connectivity index (χ1) is 4.62. The Morgan fingerprint density at radius 1 is 1.40 bits per heavy atom. The van der Waals surface area contributed by atoms with Gasteiger partial charge in [-0.15, -0.1) is 0 Å². The molecule has 0 aliphatic carbocycles. The molecular formula is C8H14BrN. The highest BCUT2D eigenvalue weighted by atomic mass is 79.9. The molecule has 0 unspecified atom stereocenters. The molecule has 0 aliphatic rings. The van der Waals surface area contributed by atoms with Gasteiger partial charge in [0.1, 0.15) is 0 Å². The summed E-state index contributed by atoms with van der Waals surface area (Å²) in [5.41, 5.74) is -0.123. The van der Waals surface area contributed by atoms with Crippen molar-refractivity contribution in [2.24, 2.45) is 5.41 Å². The molecule has 0 heterocycles. The van der Waals surface area contributed by atoms with Crippen molar-refractivity contribution in [3.63, 3.8) is 0 Å². The molecule has 0 bridgehead atoms. The Labute approximate surface area is 71.6 Å². The predicted molar refractivity (Wildman–Crippen MR) is 47.0 cm³/mol. The summed E-state index contributed by atoms with van der Waals surface area (Å²) in [4.78, 5) is 0. The third-order valence-electron chi connectivity index (χ3n) is 1.49. The molecule has 0 saturated heterocycles. The number of alkyl halides is 1. The van der Waals surface area contributed by atoms with Gasteiger partial charge in [-0.25, -0.2) is 0 Å². The minimum absolute atomic E-state index is 0.123. The van der Waals surface area contributed by atoms with E-state index in [2.05, 4.69) is 22.0 Å². The highest BCUT2D eigenvalue weighted by Gasteiger charge is 2.14. The van der Waals surface area contributed by atoms with Crippen LogP contribution in [0.25, 0.3) is 0 Å². The topological polar surface area (TPSA) is 23.8 Å². The van der Waals surface area contributed by atoms with Crippen molar-refractivity contribution in [2.45, 2.75) is 33.1 Å². The summed E-state index contributed by atoms with van der Waals surface area (Å²) in [5.74, 6) is 0. The Morgan fingerprint density at radius 3 is 2.40 bits per heavy atom. The third kappa shape index (κ3) is 4.81. The molecule has 0 fully saturated rings. The van der Waals surface area contributed by atoms with Gasteiger partial charge in [-0.3, -0.25) is 0 Å². The number of nitrogens with zero attached hydrogens (tertiary/aromatic N) is 1. The molecular weight excluding hydrogens is 190 g/mol. The summed E-state index contributed by atoms with van der Waals surface area (Å²) in [5, 5.41) is 9.68. The first-order valence-electron chi connectivity index (χ1n) is 3.59. The van der Waals surface area contributed by atoms with Crippen LogP contribution in [0.3, 0.4) is 0 Å². The van der Waals surface area contributed by atoms with Crippen LogP contribution in [0.2, 0.25) is 0 Å². The summed E-state index contributed by atoms with van der Waals surface area (Å²) in [7, 11) is 0. The fourth-order valence-electron chi connectivity index (χ4n) is 0.717. The Hall–Kier alpha value is -0.0300. The monoisotopic (exact) mass is 203 g/mol. The number of nitriles is 1. The Kier molecular flexibility index (Phi) is 4.72.